The molecular formula is C14H15F3N4O3. The van der Waals surface area contributed by atoms with Crippen molar-refractivity contribution in [2.75, 3.05) is 13.2 Å². The summed E-state index contributed by atoms with van der Waals surface area (Å²) in [6.45, 7) is 2.15. The molecule has 3 heterocycles. The average Bonchev–Trinajstić information content (AvgIpc) is 3.11. The summed E-state index contributed by atoms with van der Waals surface area (Å²) in [4.78, 5) is 11.8. The van der Waals surface area contributed by atoms with Crippen LogP contribution in [0.2, 0.25) is 0 Å². The van der Waals surface area contributed by atoms with Gasteiger partial charge in [0.05, 0.1) is 19.8 Å². The predicted molar refractivity (Wildman–Crippen MR) is 74.2 cm³/mol. The van der Waals surface area contributed by atoms with Gasteiger partial charge in [0.15, 0.2) is 11.4 Å². The standard InChI is InChI=1S/C14H15F3N4O3/c1-8-6-10(20-24-8)13(22)18-3-4-21-11-2-5-23-7-9(11)12(19-21)14(15,16)17/h6H,2-5,7H2,1H3,(H,18,22). The van der Waals surface area contributed by atoms with Crippen LogP contribution in [-0.2, 0) is 30.5 Å². The maximum Gasteiger partial charge on any atom is 0.435 e. The van der Waals surface area contributed by atoms with Gasteiger partial charge in [-0.3, -0.25) is 9.48 Å². The number of fused-ring (bicyclic) bond motifs is 1. The fourth-order valence-electron chi connectivity index (χ4n) is 2.56. The highest BCUT2D eigenvalue weighted by atomic mass is 19.4. The molecule has 1 N–H and O–H groups in total. The highest BCUT2D eigenvalue weighted by Gasteiger charge is 2.39. The van der Waals surface area contributed by atoms with E-state index in [-0.39, 0.29) is 31.0 Å². The first-order valence-corrected chi connectivity index (χ1v) is 7.31. The molecule has 1 amide bonds. The Morgan fingerprint density at radius 3 is 2.92 bits per heavy atom. The number of aromatic nitrogens is 3. The fourth-order valence-corrected chi connectivity index (χ4v) is 2.56. The highest BCUT2D eigenvalue weighted by molar-refractivity contribution is 5.92. The fraction of sp³-hybridized carbons (Fsp3) is 0.500. The predicted octanol–water partition coefficient (Wildman–Crippen LogP) is 1.70. The molecule has 0 bridgehead atoms. The van der Waals surface area contributed by atoms with Crippen molar-refractivity contribution in [2.45, 2.75) is 32.7 Å². The van der Waals surface area contributed by atoms with Crippen LogP contribution >= 0.6 is 0 Å². The Morgan fingerprint density at radius 2 is 2.25 bits per heavy atom. The number of hydrogen-bond acceptors (Lipinski definition) is 5. The number of ether oxygens (including phenoxy) is 1. The summed E-state index contributed by atoms with van der Waals surface area (Å²) in [5, 5.41) is 9.82. The quantitative estimate of drug-likeness (QED) is 0.913. The maximum atomic E-state index is 13.0. The minimum absolute atomic E-state index is 0.0761. The van der Waals surface area contributed by atoms with Crippen molar-refractivity contribution in [3.8, 4) is 0 Å². The largest absolute Gasteiger partial charge is 0.435 e. The zero-order valence-electron chi connectivity index (χ0n) is 12.8. The van der Waals surface area contributed by atoms with Gasteiger partial charge in [0.2, 0.25) is 0 Å². The second-order valence-electron chi connectivity index (χ2n) is 5.38. The molecule has 0 aliphatic carbocycles. The van der Waals surface area contributed by atoms with Crippen molar-refractivity contribution in [1.82, 2.24) is 20.3 Å². The molecule has 0 aromatic carbocycles. The van der Waals surface area contributed by atoms with Crippen LogP contribution < -0.4 is 5.32 Å². The summed E-state index contributed by atoms with van der Waals surface area (Å²) in [6.07, 6.45) is -4.17. The first-order chi connectivity index (χ1) is 11.4. The number of halogens is 3. The number of alkyl halides is 3. The molecule has 3 rings (SSSR count). The molecule has 1 aliphatic rings. The SMILES string of the molecule is Cc1cc(C(=O)NCCn2nc(C(F)(F)F)c3c2CCOC3)no1. The molecule has 0 spiro atoms. The van der Waals surface area contributed by atoms with Gasteiger partial charge in [0, 0.05) is 30.3 Å². The van der Waals surface area contributed by atoms with Gasteiger partial charge >= 0.3 is 6.18 Å². The van der Waals surface area contributed by atoms with Crippen molar-refractivity contribution in [1.29, 1.82) is 0 Å². The van der Waals surface area contributed by atoms with Gasteiger partial charge in [-0.2, -0.15) is 18.3 Å². The summed E-state index contributed by atoms with van der Waals surface area (Å²) >= 11 is 0. The third-order valence-corrected chi connectivity index (χ3v) is 3.63. The zero-order valence-corrected chi connectivity index (χ0v) is 12.8. The van der Waals surface area contributed by atoms with Crippen molar-refractivity contribution in [3.05, 3.63) is 34.5 Å². The molecule has 2 aromatic rings. The second kappa shape index (κ2) is 6.27. The van der Waals surface area contributed by atoms with Crippen LogP contribution in [0, 0.1) is 6.92 Å². The average molecular weight is 344 g/mol. The van der Waals surface area contributed by atoms with E-state index in [1.165, 1.54) is 10.7 Å². The molecule has 0 unspecified atom stereocenters. The first kappa shape index (κ1) is 16.5. The molecule has 0 atom stereocenters. The smallest absolute Gasteiger partial charge is 0.376 e. The normalized spacial score (nSPS) is 14.5. The number of aryl methyl sites for hydroxylation is 1. The van der Waals surface area contributed by atoms with E-state index in [0.29, 0.717) is 24.5 Å². The molecule has 0 saturated carbocycles. The monoisotopic (exact) mass is 344 g/mol. The van der Waals surface area contributed by atoms with Crippen molar-refractivity contribution < 1.29 is 27.2 Å². The van der Waals surface area contributed by atoms with E-state index < -0.39 is 17.8 Å². The van der Waals surface area contributed by atoms with Gasteiger partial charge in [-0.05, 0) is 6.92 Å². The number of amides is 1. The molecule has 0 fully saturated rings. The van der Waals surface area contributed by atoms with Gasteiger partial charge in [-0.15, -0.1) is 0 Å². The molecule has 1 aliphatic heterocycles. The van der Waals surface area contributed by atoms with Gasteiger partial charge in [0.25, 0.3) is 5.91 Å². The topological polar surface area (TPSA) is 82.2 Å². The third-order valence-electron chi connectivity index (χ3n) is 3.63. The van der Waals surface area contributed by atoms with Crippen molar-refractivity contribution >= 4 is 5.91 Å². The molecular weight excluding hydrogens is 329 g/mol. The number of nitrogens with zero attached hydrogens (tertiary/aromatic N) is 3. The van der Waals surface area contributed by atoms with E-state index in [9.17, 15) is 18.0 Å². The number of carbonyl (C=O) groups excluding carboxylic acids is 1. The lowest BCUT2D eigenvalue weighted by Crippen LogP contribution is -2.28. The van der Waals surface area contributed by atoms with Crippen LogP contribution in [0.1, 0.15) is 33.2 Å². The third kappa shape index (κ3) is 3.28. The van der Waals surface area contributed by atoms with Crippen molar-refractivity contribution in [2.24, 2.45) is 0 Å². The van der Waals surface area contributed by atoms with Gasteiger partial charge in [-0.25, -0.2) is 0 Å². The summed E-state index contributed by atoms with van der Waals surface area (Å²) in [5.41, 5.74) is -0.220. The Morgan fingerprint density at radius 1 is 1.46 bits per heavy atom. The number of rotatable bonds is 4. The Labute approximate surface area is 134 Å². The Kier molecular flexibility index (Phi) is 4.31. The van der Waals surface area contributed by atoms with E-state index in [1.54, 1.807) is 6.92 Å². The summed E-state index contributed by atoms with van der Waals surface area (Å²) in [5.74, 6) is 0.0448. The number of hydrogen-bond donors (Lipinski definition) is 1. The Balaban J connectivity index is 1.69. The van der Waals surface area contributed by atoms with Crippen LogP contribution in [0.15, 0.2) is 10.6 Å². The van der Waals surface area contributed by atoms with E-state index in [4.69, 9.17) is 9.26 Å². The van der Waals surface area contributed by atoms with Gasteiger partial charge in [-0.1, -0.05) is 5.16 Å². The molecule has 0 saturated heterocycles. The van der Waals surface area contributed by atoms with E-state index >= 15 is 0 Å². The lowest BCUT2D eigenvalue weighted by Gasteiger charge is -2.15. The summed E-state index contributed by atoms with van der Waals surface area (Å²) in [6, 6.07) is 1.48. The van der Waals surface area contributed by atoms with Crippen molar-refractivity contribution in [3.63, 3.8) is 0 Å². The zero-order chi connectivity index (χ0) is 17.3. The lowest BCUT2D eigenvalue weighted by atomic mass is 10.1. The number of carbonyl (C=O) groups is 1. The van der Waals surface area contributed by atoms with Crippen LogP contribution in [0.5, 0.6) is 0 Å². The first-order valence-electron chi connectivity index (χ1n) is 7.31. The molecule has 0 radical (unpaired) electrons. The maximum absolute atomic E-state index is 13.0. The minimum Gasteiger partial charge on any atom is -0.376 e. The Hall–Kier alpha value is -2.36. The van der Waals surface area contributed by atoms with Crippen LogP contribution in [0.4, 0.5) is 13.2 Å². The molecule has 7 nitrogen and oxygen atoms in total. The van der Waals surface area contributed by atoms with E-state index in [1.807, 2.05) is 0 Å². The second-order valence-corrected chi connectivity index (χ2v) is 5.38. The highest BCUT2D eigenvalue weighted by Crippen LogP contribution is 2.34. The molecule has 130 valence electrons. The van der Waals surface area contributed by atoms with Gasteiger partial charge < -0.3 is 14.6 Å². The van der Waals surface area contributed by atoms with E-state index in [0.717, 1.165) is 0 Å². The molecule has 10 heteroatoms. The minimum atomic E-state index is -4.53. The Bertz CT molecular complexity index is 751. The van der Waals surface area contributed by atoms with Gasteiger partial charge in [0.1, 0.15) is 5.76 Å². The van der Waals surface area contributed by atoms with Crippen LogP contribution in [0.25, 0.3) is 0 Å². The molecule has 2 aromatic heterocycles. The van der Waals surface area contributed by atoms with Crippen LogP contribution in [0.3, 0.4) is 0 Å². The lowest BCUT2D eigenvalue weighted by molar-refractivity contribution is -0.142. The number of nitrogens with one attached hydrogen (secondary N) is 1. The molecule has 24 heavy (non-hydrogen) atoms. The summed E-state index contributed by atoms with van der Waals surface area (Å²) < 4.78 is 50.3. The van der Waals surface area contributed by atoms with E-state index in [2.05, 4.69) is 15.6 Å². The summed E-state index contributed by atoms with van der Waals surface area (Å²) in [7, 11) is 0. The van der Waals surface area contributed by atoms with Crippen LogP contribution in [-0.4, -0.2) is 34.0 Å².